The number of aromatic nitrogens is 9. The van der Waals surface area contributed by atoms with Crippen molar-refractivity contribution in [3.63, 3.8) is 0 Å². The molecule has 1 aliphatic rings. The lowest BCUT2D eigenvalue weighted by Crippen LogP contribution is -2.37. The van der Waals surface area contributed by atoms with E-state index in [1.165, 1.54) is 12.3 Å². The number of ether oxygens (including phenoxy) is 2. The van der Waals surface area contributed by atoms with Crippen LogP contribution in [0.2, 0.25) is 0 Å². The van der Waals surface area contributed by atoms with Gasteiger partial charge in [0, 0.05) is 57.6 Å². The molecule has 5 aromatic heterocycles. The maximum Gasteiger partial charge on any atom is 0.276 e. The summed E-state index contributed by atoms with van der Waals surface area (Å²) >= 11 is 0. The van der Waals surface area contributed by atoms with Crippen LogP contribution >= 0.6 is 0 Å². The van der Waals surface area contributed by atoms with Crippen LogP contribution in [0.15, 0.2) is 48.7 Å². The summed E-state index contributed by atoms with van der Waals surface area (Å²) in [5, 5.41) is 14.6. The van der Waals surface area contributed by atoms with Crippen LogP contribution in [0.3, 0.4) is 0 Å². The first-order chi connectivity index (χ1) is 28.9. The summed E-state index contributed by atoms with van der Waals surface area (Å²) in [6.07, 6.45) is 5.77. The lowest BCUT2D eigenvalue weighted by atomic mass is 10.1. The molecule has 314 valence electrons. The molecule has 0 bridgehead atoms. The van der Waals surface area contributed by atoms with Crippen molar-refractivity contribution < 1.29 is 28.7 Å². The lowest BCUT2D eigenvalue weighted by Gasteiger charge is -2.26. The number of allylic oxidation sites excluding steroid dienone is 2. The molecule has 0 radical (unpaired) electrons. The maximum absolute atomic E-state index is 13.8. The van der Waals surface area contributed by atoms with Gasteiger partial charge in [-0.15, -0.1) is 0 Å². The Morgan fingerprint density at radius 2 is 1.35 bits per heavy atom. The van der Waals surface area contributed by atoms with E-state index < -0.39 is 23.6 Å². The number of aryl methyl sites for hydroxylation is 4. The van der Waals surface area contributed by atoms with Crippen LogP contribution in [-0.4, -0.2) is 112 Å². The summed E-state index contributed by atoms with van der Waals surface area (Å²) in [5.41, 5.74) is 15.4. The highest BCUT2D eigenvalue weighted by Crippen LogP contribution is 2.32. The molecule has 1 fully saturated rings. The van der Waals surface area contributed by atoms with Gasteiger partial charge in [-0.2, -0.15) is 10.2 Å². The number of anilines is 2. The normalized spacial score (nSPS) is 13.4. The number of primary amides is 2. The summed E-state index contributed by atoms with van der Waals surface area (Å²) < 4.78 is 18.5. The van der Waals surface area contributed by atoms with Gasteiger partial charge in [-0.1, -0.05) is 12.2 Å². The fourth-order valence-electron chi connectivity index (χ4n) is 7.09. The number of pyridine rings is 1. The fourth-order valence-corrected chi connectivity index (χ4v) is 7.09. The Bertz CT molecular complexity index is 2610. The number of nitrogens with zero attached hydrogens (tertiary/aromatic N) is 10. The average Bonchev–Trinajstić information content (AvgIpc) is 4.00. The van der Waals surface area contributed by atoms with Crippen LogP contribution in [-0.2, 0) is 30.9 Å². The predicted molar refractivity (Wildman–Crippen MR) is 222 cm³/mol. The van der Waals surface area contributed by atoms with Gasteiger partial charge in [0.25, 0.3) is 11.8 Å². The number of imidazole rings is 2. The van der Waals surface area contributed by atoms with E-state index in [-0.39, 0.29) is 36.1 Å². The highest BCUT2D eigenvalue weighted by Gasteiger charge is 2.23. The zero-order chi connectivity index (χ0) is 42.5. The highest BCUT2D eigenvalue weighted by atomic mass is 16.5. The van der Waals surface area contributed by atoms with E-state index >= 15 is 0 Å². The number of fused-ring (bicyclic) bond motifs is 2. The van der Waals surface area contributed by atoms with Gasteiger partial charge in [-0.3, -0.25) is 48.6 Å². The summed E-state index contributed by atoms with van der Waals surface area (Å²) in [6, 6.07) is 8.06. The number of morpholine rings is 1. The third kappa shape index (κ3) is 8.88. The van der Waals surface area contributed by atoms with Crippen LogP contribution in [0.4, 0.5) is 11.9 Å². The van der Waals surface area contributed by atoms with Gasteiger partial charge in [0.05, 0.1) is 42.3 Å². The molecule has 6 N–H and O–H groups in total. The first-order valence-corrected chi connectivity index (χ1v) is 19.7. The van der Waals surface area contributed by atoms with E-state index in [1.54, 1.807) is 49.7 Å². The van der Waals surface area contributed by atoms with Crippen LogP contribution in [0, 0.1) is 13.8 Å². The molecule has 20 heteroatoms. The molecule has 20 nitrogen and oxygen atoms in total. The Hall–Kier alpha value is -6.93. The van der Waals surface area contributed by atoms with E-state index in [2.05, 4.69) is 35.7 Å². The lowest BCUT2D eigenvalue weighted by molar-refractivity contribution is 0.0358. The van der Waals surface area contributed by atoms with E-state index in [4.69, 9.17) is 25.9 Å². The number of hydrogen-bond acceptors (Lipinski definition) is 12. The molecule has 0 saturated carbocycles. The zero-order valence-corrected chi connectivity index (χ0v) is 34.0. The van der Waals surface area contributed by atoms with E-state index in [9.17, 15) is 19.2 Å². The largest absolute Gasteiger partial charge is 0.491 e. The third-order valence-electron chi connectivity index (χ3n) is 10.0. The van der Waals surface area contributed by atoms with Crippen molar-refractivity contribution >= 4 is 57.7 Å². The average molecular weight is 821 g/mol. The molecule has 4 amide bonds. The molecular formula is C40H48N14O6. The van der Waals surface area contributed by atoms with Gasteiger partial charge < -0.3 is 25.5 Å². The standard InChI is InChI=1S/C40H48N14O6/c1-5-53-30(18-24(3)48-53)37(57)46-39-44-28-20-26(34(41)55)22-32(60-15-9-10-50-13-16-59-17-14-50)33(28)51(39)11-7-8-12-52-36-29(21-27(23-43-36)35(42)56)45-40(52)47-38(58)31-19-25(4)49-54(31)6-2/h7-8,18-23H,5-6,9-17H2,1-4H3,(H2,41,55)(H2,42,56)(H,44,46,57)(H,45,47,58)/b8-7+. The van der Waals surface area contributed by atoms with Gasteiger partial charge in [0.2, 0.25) is 23.7 Å². The van der Waals surface area contributed by atoms with Crippen molar-refractivity contribution in [2.24, 2.45) is 11.5 Å². The van der Waals surface area contributed by atoms with E-state index in [1.807, 2.05) is 32.9 Å². The van der Waals surface area contributed by atoms with Crippen LogP contribution < -0.4 is 26.8 Å². The van der Waals surface area contributed by atoms with E-state index in [0.717, 1.165) is 19.6 Å². The Kier molecular flexibility index (Phi) is 12.3. The SMILES string of the molecule is CCn1nc(C)cc1C(=O)Nc1nc2cc(C(N)=O)cnc2n1C/C=C/Cn1c(NC(=O)c2cc(C)nn2CC)nc2cc(C(N)=O)cc(OCCCN3CCOCC3)c21. The maximum atomic E-state index is 13.8. The van der Waals surface area contributed by atoms with Crippen LogP contribution in [0.25, 0.3) is 22.2 Å². The van der Waals surface area contributed by atoms with Gasteiger partial charge in [-0.05, 0) is 64.4 Å². The number of hydrogen-bond donors (Lipinski definition) is 4. The van der Waals surface area contributed by atoms with E-state index in [0.29, 0.717) is 90.1 Å². The summed E-state index contributed by atoms with van der Waals surface area (Å²) in [5.74, 6) is -1.41. The molecule has 1 aromatic carbocycles. The number of rotatable bonds is 17. The highest BCUT2D eigenvalue weighted by molar-refractivity contribution is 6.05. The number of amides is 4. The minimum Gasteiger partial charge on any atom is -0.491 e. The summed E-state index contributed by atoms with van der Waals surface area (Å²) in [6.45, 7) is 12.9. The third-order valence-corrected chi connectivity index (χ3v) is 10.0. The monoisotopic (exact) mass is 820 g/mol. The molecule has 0 aliphatic carbocycles. The van der Waals surface area contributed by atoms with Crippen molar-refractivity contribution in [2.45, 2.75) is 60.3 Å². The van der Waals surface area contributed by atoms with Gasteiger partial charge in [-0.25, -0.2) is 15.0 Å². The Morgan fingerprint density at radius 3 is 1.95 bits per heavy atom. The second-order valence-electron chi connectivity index (χ2n) is 14.2. The molecule has 6 heterocycles. The topological polar surface area (TPSA) is 250 Å². The number of carbonyl (C=O) groups excluding carboxylic acids is 4. The molecule has 0 unspecified atom stereocenters. The first-order valence-electron chi connectivity index (χ1n) is 19.7. The zero-order valence-electron chi connectivity index (χ0n) is 34.0. The molecule has 6 aromatic rings. The van der Waals surface area contributed by atoms with Crippen molar-refractivity contribution in [3.8, 4) is 5.75 Å². The van der Waals surface area contributed by atoms with Gasteiger partial charge in [0.1, 0.15) is 28.2 Å². The number of benzene rings is 1. The molecule has 0 atom stereocenters. The van der Waals surface area contributed by atoms with Crippen molar-refractivity contribution in [3.05, 3.63) is 82.6 Å². The second kappa shape index (κ2) is 17.9. The smallest absolute Gasteiger partial charge is 0.276 e. The van der Waals surface area contributed by atoms with Crippen molar-refractivity contribution in [1.29, 1.82) is 0 Å². The quantitative estimate of drug-likeness (QED) is 0.0766. The first kappa shape index (κ1) is 41.2. The number of carbonyl (C=O) groups is 4. The minimum absolute atomic E-state index is 0.164. The number of nitrogens with two attached hydrogens (primary N) is 2. The van der Waals surface area contributed by atoms with Gasteiger partial charge >= 0.3 is 0 Å². The predicted octanol–water partition coefficient (Wildman–Crippen LogP) is 2.89. The molecule has 60 heavy (non-hydrogen) atoms. The molecule has 1 aliphatic heterocycles. The molecule has 0 spiro atoms. The van der Waals surface area contributed by atoms with Gasteiger partial charge in [0.15, 0.2) is 5.65 Å². The molecule has 7 rings (SSSR count). The van der Waals surface area contributed by atoms with Crippen molar-refractivity contribution in [2.75, 3.05) is 50.1 Å². The molecular weight excluding hydrogens is 773 g/mol. The Balaban J connectivity index is 1.22. The fraction of sp³-hybridized carbons (Fsp3) is 0.375. The van der Waals surface area contributed by atoms with Crippen molar-refractivity contribution in [1.82, 2.24) is 48.5 Å². The van der Waals surface area contributed by atoms with Crippen LogP contribution in [0.5, 0.6) is 5.75 Å². The Labute approximate surface area is 344 Å². The Morgan fingerprint density at radius 1 is 0.783 bits per heavy atom. The number of nitrogens with one attached hydrogen (secondary N) is 2. The second-order valence-corrected chi connectivity index (χ2v) is 14.2. The van der Waals surface area contributed by atoms with Crippen LogP contribution in [0.1, 0.15) is 73.3 Å². The summed E-state index contributed by atoms with van der Waals surface area (Å²) in [7, 11) is 0. The summed E-state index contributed by atoms with van der Waals surface area (Å²) in [4.78, 5) is 67.9. The molecule has 1 saturated heterocycles. The minimum atomic E-state index is -0.667.